The fourth-order valence-electron chi connectivity index (χ4n) is 1.57. The Balaban J connectivity index is 2.63. The lowest BCUT2D eigenvalue weighted by Gasteiger charge is -2.09. The van der Waals surface area contributed by atoms with Crippen molar-refractivity contribution in [3.63, 3.8) is 0 Å². The van der Waals surface area contributed by atoms with E-state index in [0.717, 1.165) is 24.3 Å². The van der Waals surface area contributed by atoms with Crippen LogP contribution in [0.4, 0.5) is 17.6 Å². The molecule has 0 saturated heterocycles. The fourth-order valence-corrected chi connectivity index (χ4v) is 2.03. The molecule has 0 amide bonds. The second-order valence-electron chi connectivity index (χ2n) is 3.80. The molecule has 1 heterocycles. The molecular formula is C12H6ClF4NS. The molecule has 0 fully saturated rings. The molecule has 0 spiro atoms. The van der Waals surface area contributed by atoms with Crippen molar-refractivity contribution < 1.29 is 17.6 Å². The highest BCUT2D eigenvalue weighted by molar-refractivity contribution is 7.71. The third-order valence-corrected chi connectivity index (χ3v) is 2.78. The van der Waals surface area contributed by atoms with Crippen molar-refractivity contribution in [1.29, 1.82) is 0 Å². The lowest BCUT2D eigenvalue weighted by atomic mass is 10.1. The van der Waals surface area contributed by atoms with Crippen molar-refractivity contribution in [3.8, 4) is 11.3 Å². The van der Waals surface area contributed by atoms with Crippen molar-refractivity contribution in [2.24, 2.45) is 0 Å². The largest absolute Gasteiger partial charge is 0.416 e. The number of hydrogen-bond donors (Lipinski definition) is 1. The molecule has 0 bridgehead atoms. The SMILES string of the molecule is Fc1cc(Cl)cc(-c2cc(C(F)(F)F)cc(=S)[nH]2)c1. The summed E-state index contributed by atoms with van der Waals surface area (Å²) in [5, 5.41) is 0.0896. The molecule has 0 atom stereocenters. The number of halogens is 5. The maximum absolute atomic E-state index is 13.2. The number of aromatic nitrogens is 1. The molecule has 2 aromatic rings. The number of H-pyrrole nitrogens is 1. The van der Waals surface area contributed by atoms with Gasteiger partial charge in [-0.1, -0.05) is 23.8 Å². The van der Waals surface area contributed by atoms with E-state index in [4.69, 9.17) is 23.8 Å². The smallest absolute Gasteiger partial charge is 0.346 e. The first-order valence-corrected chi connectivity index (χ1v) is 5.82. The number of benzene rings is 1. The van der Waals surface area contributed by atoms with E-state index < -0.39 is 17.6 Å². The second-order valence-corrected chi connectivity index (χ2v) is 4.68. The summed E-state index contributed by atoms with van der Waals surface area (Å²) in [5.74, 6) is -0.640. The summed E-state index contributed by atoms with van der Waals surface area (Å²) in [6, 6.07) is 5.16. The molecule has 0 unspecified atom stereocenters. The molecule has 0 aliphatic heterocycles. The number of hydrogen-bond acceptors (Lipinski definition) is 1. The predicted molar refractivity (Wildman–Crippen MR) is 67.0 cm³/mol. The van der Waals surface area contributed by atoms with E-state index >= 15 is 0 Å². The van der Waals surface area contributed by atoms with E-state index in [2.05, 4.69) is 4.98 Å². The van der Waals surface area contributed by atoms with Gasteiger partial charge < -0.3 is 4.98 Å². The first kappa shape index (κ1) is 14.0. The van der Waals surface area contributed by atoms with Crippen molar-refractivity contribution in [3.05, 3.63) is 51.4 Å². The van der Waals surface area contributed by atoms with Crippen LogP contribution in [0.15, 0.2) is 30.3 Å². The zero-order valence-corrected chi connectivity index (χ0v) is 10.8. The minimum absolute atomic E-state index is 0.0567. The Kier molecular flexibility index (Phi) is 3.64. The Morgan fingerprint density at radius 2 is 1.74 bits per heavy atom. The average molecular weight is 308 g/mol. The molecule has 0 radical (unpaired) electrons. The first-order valence-electron chi connectivity index (χ1n) is 5.04. The molecule has 2 rings (SSSR count). The zero-order chi connectivity index (χ0) is 14.2. The molecule has 1 N–H and O–H groups in total. The zero-order valence-electron chi connectivity index (χ0n) is 9.18. The lowest BCUT2D eigenvalue weighted by molar-refractivity contribution is -0.137. The van der Waals surface area contributed by atoms with Gasteiger partial charge in [-0.05, 0) is 30.3 Å². The summed E-state index contributed by atoms with van der Waals surface area (Å²) in [6.07, 6.45) is -4.52. The van der Waals surface area contributed by atoms with Crippen molar-refractivity contribution in [1.82, 2.24) is 4.98 Å². The topological polar surface area (TPSA) is 15.8 Å². The number of aromatic amines is 1. The quantitative estimate of drug-likeness (QED) is 0.564. The third kappa shape index (κ3) is 3.33. The first-order chi connectivity index (χ1) is 8.75. The number of pyridine rings is 1. The Morgan fingerprint density at radius 3 is 2.32 bits per heavy atom. The van der Waals surface area contributed by atoms with Gasteiger partial charge in [0.15, 0.2) is 0 Å². The van der Waals surface area contributed by atoms with Crippen LogP contribution in [0.2, 0.25) is 5.02 Å². The van der Waals surface area contributed by atoms with Gasteiger partial charge in [0, 0.05) is 16.3 Å². The molecule has 0 aliphatic carbocycles. The molecule has 100 valence electrons. The fraction of sp³-hybridized carbons (Fsp3) is 0.0833. The molecule has 0 aliphatic rings. The third-order valence-electron chi connectivity index (χ3n) is 2.35. The summed E-state index contributed by atoms with van der Waals surface area (Å²) < 4.78 is 51.1. The highest BCUT2D eigenvalue weighted by atomic mass is 35.5. The van der Waals surface area contributed by atoms with Crippen LogP contribution in [0.25, 0.3) is 11.3 Å². The summed E-state index contributed by atoms with van der Waals surface area (Å²) in [4.78, 5) is 2.58. The standard InChI is InChI=1S/C12H6ClF4NS/c13-8-1-6(2-9(14)5-8)10-3-7(12(15,16)17)4-11(19)18-10/h1-5H,(H,18,19). The van der Waals surface area contributed by atoms with Crippen LogP contribution in [0, 0.1) is 10.5 Å². The van der Waals surface area contributed by atoms with Gasteiger partial charge in [0.2, 0.25) is 0 Å². The maximum atomic E-state index is 13.2. The van der Waals surface area contributed by atoms with Crippen molar-refractivity contribution in [2.45, 2.75) is 6.18 Å². The minimum atomic E-state index is -4.52. The maximum Gasteiger partial charge on any atom is 0.416 e. The lowest BCUT2D eigenvalue weighted by Crippen LogP contribution is -2.05. The van der Waals surface area contributed by atoms with Crippen LogP contribution in [0.5, 0.6) is 0 Å². The average Bonchev–Trinajstić information content (AvgIpc) is 2.25. The molecule has 1 nitrogen and oxygen atoms in total. The van der Waals surface area contributed by atoms with Crippen molar-refractivity contribution >= 4 is 23.8 Å². The van der Waals surface area contributed by atoms with Crippen LogP contribution in [-0.2, 0) is 6.18 Å². The molecule has 19 heavy (non-hydrogen) atoms. The second kappa shape index (κ2) is 4.94. The predicted octanol–water partition coefficient (Wildman–Crippen LogP) is 5.22. The molecule has 7 heteroatoms. The van der Waals surface area contributed by atoms with E-state index in [1.807, 2.05) is 0 Å². The minimum Gasteiger partial charge on any atom is -0.346 e. The summed E-state index contributed by atoms with van der Waals surface area (Å²) in [7, 11) is 0. The van der Waals surface area contributed by atoms with Gasteiger partial charge in [-0.2, -0.15) is 13.2 Å². The molecule has 1 aromatic carbocycles. The van der Waals surface area contributed by atoms with Crippen LogP contribution in [-0.4, -0.2) is 4.98 Å². The Bertz CT molecular complexity index is 658. The van der Waals surface area contributed by atoms with E-state index in [-0.39, 0.29) is 20.9 Å². The van der Waals surface area contributed by atoms with E-state index in [9.17, 15) is 17.6 Å². The van der Waals surface area contributed by atoms with E-state index in [1.54, 1.807) is 0 Å². The van der Waals surface area contributed by atoms with Gasteiger partial charge in [0.05, 0.1) is 5.56 Å². The molecule has 1 aromatic heterocycles. The number of rotatable bonds is 1. The highest BCUT2D eigenvalue weighted by Crippen LogP contribution is 2.32. The van der Waals surface area contributed by atoms with E-state index in [1.165, 1.54) is 6.07 Å². The number of alkyl halides is 3. The summed E-state index contributed by atoms with van der Waals surface area (Å²) in [5.41, 5.74) is -0.643. The van der Waals surface area contributed by atoms with Crippen LogP contribution < -0.4 is 0 Å². The van der Waals surface area contributed by atoms with Crippen molar-refractivity contribution in [2.75, 3.05) is 0 Å². The Hall–Kier alpha value is -1.40. The van der Waals surface area contributed by atoms with E-state index in [0.29, 0.717) is 0 Å². The summed E-state index contributed by atoms with van der Waals surface area (Å²) >= 11 is 10.4. The van der Waals surface area contributed by atoms with Crippen LogP contribution >= 0.6 is 23.8 Å². The molecular weight excluding hydrogens is 302 g/mol. The normalized spacial score (nSPS) is 11.6. The van der Waals surface area contributed by atoms with Gasteiger partial charge in [-0.25, -0.2) is 4.39 Å². The summed E-state index contributed by atoms with van der Waals surface area (Å²) in [6.45, 7) is 0. The van der Waals surface area contributed by atoms with Gasteiger partial charge in [-0.3, -0.25) is 0 Å². The van der Waals surface area contributed by atoms with Gasteiger partial charge in [0.1, 0.15) is 10.5 Å². The Labute approximate surface area is 115 Å². The van der Waals surface area contributed by atoms with Gasteiger partial charge in [-0.15, -0.1) is 0 Å². The molecule has 0 saturated carbocycles. The van der Waals surface area contributed by atoms with Crippen LogP contribution in [0.1, 0.15) is 5.56 Å². The monoisotopic (exact) mass is 307 g/mol. The van der Waals surface area contributed by atoms with Gasteiger partial charge in [0.25, 0.3) is 0 Å². The highest BCUT2D eigenvalue weighted by Gasteiger charge is 2.31. The number of nitrogens with one attached hydrogen (secondary N) is 1. The van der Waals surface area contributed by atoms with Gasteiger partial charge >= 0.3 is 6.18 Å². The Morgan fingerprint density at radius 1 is 1.05 bits per heavy atom. The van der Waals surface area contributed by atoms with Crippen LogP contribution in [0.3, 0.4) is 0 Å².